The molecule has 0 unspecified atom stereocenters. The van der Waals surface area contributed by atoms with Gasteiger partial charge in [0, 0.05) is 12.6 Å². The van der Waals surface area contributed by atoms with Crippen LogP contribution in [0, 0.1) is 16.0 Å². The molecular formula is C11H16N4O4S. The first-order chi connectivity index (χ1) is 9.44. The lowest BCUT2D eigenvalue weighted by atomic mass is 10.3. The number of nitrogens with two attached hydrogens (primary N) is 1. The average molecular weight is 300 g/mol. The summed E-state index contributed by atoms with van der Waals surface area (Å²) >= 11 is 0. The Morgan fingerprint density at radius 1 is 1.40 bits per heavy atom. The second-order valence-electron chi connectivity index (χ2n) is 4.71. The molecule has 2 rings (SSSR count). The molecule has 0 bridgehead atoms. The van der Waals surface area contributed by atoms with Crippen LogP contribution < -0.4 is 16.0 Å². The molecule has 1 aliphatic rings. The topological polar surface area (TPSA) is 127 Å². The molecule has 20 heavy (non-hydrogen) atoms. The van der Waals surface area contributed by atoms with Crippen molar-refractivity contribution in [2.45, 2.75) is 24.2 Å². The Morgan fingerprint density at radius 2 is 2.10 bits per heavy atom. The zero-order valence-electron chi connectivity index (χ0n) is 10.7. The Balaban J connectivity index is 2.24. The van der Waals surface area contributed by atoms with Crippen molar-refractivity contribution in [2.75, 3.05) is 12.0 Å². The van der Waals surface area contributed by atoms with Gasteiger partial charge in [0.05, 0.1) is 10.6 Å². The average Bonchev–Trinajstić information content (AvgIpc) is 3.21. The molecule has 1 saturated carbocycles. The van der Waals surface area contributed by atoms with Gasteiger partial charge in [0.1, 0.15) is 0 Å². The Kier molecular flexibility index (Phi) is 4.21. The zero-order valence-corrected chi connectivity index (χ0v) is 11.5. The molecule has 1 fully saturated rings. The van der Waals surface area contributed by atoms with Crippen LogP contribution >= 0.6 is 0 Å². The standard InChI is InChI=1S/C11H16N4O4S/c12-14-9-3-4-10(15(16)17)11(7-9)20(18,19)13-6-5-8-1-2-8/h3-4,7-8,13-14H,1-2,5-6,12H2. The molecule has 0 heterocycles. The van der Waals surface area contributed by atoms with Crippen molar-refractivity contribution in [2.24, 2.45) is 11.8 Å². The summed E-state index contributed by atoms with van der Waals surface area (Å²) in [5.74, 6) is 5.78. The van der Waals surface area contributed by atoms with Crippen LogP contribution in [-0.4, -0.2) is 19.9 Å². The van der Waals surface area contributed by atoms with E-state index in [9.17, 15) is 18.5 Å². The zero-order chi connectivity index (χ0) is 14.8. The van der Waals surface area contributed by atoms with Crippen molar-refractivity contribution in [1.29, 1.82) is 0 Å². The van der Waals surface area contributed by atoms with Crippen molar-refractivity contribution >= 4 is 21.4 Å². The number of nitro groups is 1. The van der Waals surface area contributed by atoms with E-state index < -0.39 is 20.6 Å². The number of benzene rings is 1. The second kappa shape index (κ2) is 5.73. The van der Waals surface area contributed by atoms with Crippen LogP contribution in [0.4, 0.5) is 11.4 Å². The van der Waals surface area contributed by atoms with Gasteiger partial charge in [0.25, 0.3) is 5.69 Å². The minimum Gasteiger partial charge on any atom is -0.324 e. The molecule has 0 atom stereocenters. The van der Waals surface area contributed by atoms with Crippen LogP contribution in [0.3, 0.4) is 0 Å². The molecule has 0 radical (unpaired) electrons. The molecule has 110 valence electrons. The summed E-state index contributed by atoms with van der Waals surface area (Å²) in [6.45, 7) is 0.282. The molecule has 0 amide bonds. The highest BCUT2D eigenvalue weighted by Crippen LogP contribution is 2.32. The quantitative estimate of drug-likeness (QED) is 0.391. The van der Waals surface area contributed by atoms with Gasteiger partial charge in [-0.3, -0.25) is 16.0 Å². The van der Waals surface area contributed by atoms with Gasteiger partial charge < -0.3 is 5.43 Å². The van der Waals surface area contributed by atoms with Gasteiger partial charge in [-0.1, -0.05) is 12.8 Å². The first-order valence-electron chi connectivity index (χ1n) is 6.19. The van der Waals surface area contributed by atoms with E-state index in [1.54, 1.807) is 0 Å². The van der Waals surface area contributed by atoms with Gasteiger partial charge in [0.15, 0.2) is 4.90 Å². The number of sulfonamides is 1. The fourth-order valence-electron chi connectivity index (χ4n) is 1.85. The molecule has 0 spiro atoms. The molecule has 0 aliphatic heterocycles. The smallest absolute Gasteiger partial charge is 0.289 e. The number of nitrogens with one attached hydrogen (secondary N) is 2. The third kappa shape index (κ3) is 3.44. The van der Waals surface area contributed by atoms with Crippen LogP contribution in [0.2, 0.25) is 0 Å². The number of hydrazine groups is 1. The maximum absolute atomic E-state index is 12.1. The lowest BCUT2D eigenvalue weighted by Gasteiger charge is -2.08. The van der Waals surface area contributed by atoms with Gasteiger partial charge in [-0.2, -0.15) is 0 Å². The third-order valence-electron chi connectivity index (χ3n) is 3.15. The lowest BCUT2D eigenvalue weighted by Crippen LogP contribution is -2.26. The van der Waals surface area contributed by atoms with E-state index in [2.05, 4.69) is 10.1 Å². The maximum Gasteiger partial charge on any atom is 0.289 e. The summed E-state index contributed by atoms with van der Waals surface area (Å²) in [6.07, 6.45) is 2.99. The summed E-state index contributed by atoms with van der Waals surface area (Å²) < 4.78 is 26.7. The molecule has 0 aromatic heterocycles. The SMILES string of the molecule is NNc1ccc([N+](=O)[O-])c(S(=O)(=O)NCCC2CC2)c1. The number of nitro benzene ring substituents is 1. The summed E-state index contributed by atoms with van der Waals surface area (Å²) in [6, 6.07) is 3.61. The van der Waals surface area contributed by atoms with E-state index in [0.717, 1.165) is 31.4 Å². The van der Waals surface area contributed by atoms with Crippen molar-refractivity contribution < 1.29 is 13.3 Å². The highest BCUT2D eigenvalue weighted by molar-refractivity contribution is 7.89. The molecule has 1 aliphatic carbocycles. The van der Waals surface area contributed by atoms with Crippen molar-refractivity contribution in [3.05, 3.63) is 28.3 Å². The first kappa shape index (κ1) is 14.7. The Hall–Kier alpha value is -1.71. The molecule has 1 aromatic rings. The number of nitrogens with zero attached hydrogens (tertiary/aromatic N) is 1. The molecule has 9 heteroatoms. The van der Waals surface area contributed by atoms with Gasteiger partial charge >= 0.3 is 0 Å². The largest absolute Gasteiger partial charge is 0.324 e. The molecule has 8 nitrogen and oxygen atoms in total. The Bertz CT molecular complexity index is 613. The van der Waals surface area contributed by atoms with Crippen molar-refractivity contribution in [1.82, 2.24) is 4.72 Å². The van der Waals surface area contributed by atoms with E-state index >= 15 is 0 Å². The number of hydrogen-bond acceptors (Lipinski definition) is 6. The second-order valence-corrected chi connectivity index (χ2v) is 6.45. The van der Waals surface area contributed by atoms with Crippen LogP contribution in [0.25, 0.3) is 0 Å². The summed E-state index contributed by atoms with van der Waals surface area (Å²) in [4.78, 5) is 9.81. The number of rotatable bonds is 7. The monoisotopic (exact) mass is 300 g/mol. The van der Waals surface area contributed by atoms with Crippen LogP contribution in [0.15, 0.2) is 23.1 Å². The van der Waals surface area contributed by atoms with Crippen LogP contribution in [0.5, 0.6) is 0 Å². The van der Waals surface area contributed by atoms with Crippen molar-refractivity contribution in [3.8, 4) is 0 Å². The minimum atomic E-state index is -3.92. The van der Waals surface area contributed by atoms with Gasteiger partial charge in [-0.25, -0.2) is 13.1 Å². The van der Waals surface area contributed by atoms with E-state index in [-0.39, 0.29) is 17.1 Å². The van der Waals surface area contributed by atoms with E-state index in [0.29, 0.717) is 5.92 Å². The highest BCUT2D eigenvalue weighted by Gasteiger charge is 2.27. The highest BCUT2D eigenvalue weighted by atomic mass is 32.2. The van der Waals surface area contributed by atoms with Gasteiger partial charge in [-0.05, 0) is 24.5 Å². The third-order valence-corrected chi connectivity index (χ3v) is 4.64. The van der Waals surface area contributed by atoms with Gasteiger partial charge in [-0.15, -0.1) is 0 Å². The van der Waals surface area contributed by atoms with Crippen LogP contribution in [0.1, 0.15) is 19.3 Å². The predicted molar refractivity (Wildman–Crippen MR) is 73.4 cm³/mol. The summed E-state index contributed by atoms with van der Waals surface area (Å²) in [5, 5.41) is 10.9. The number of nitrogen functional groups attached to an aromatic ring is 1. The van der Waals surface area contributed by atoms with E-state index in [4.69, 9.17) is 5.84 Å². The first-order valence-corrected chi connectivity index (χ1v) is 7.67. The normalized spacial score (nSPS) is 15.1. The fourth-order valence-corrected chi connectivity index (χ4v) is 3.09. The Labute approximate surface area is 116 Å². The fraction of sp³-hybridized carbons (Fsp3) is 0.455. The van der Waals surface area contributed by atoms with Gasteiger partial charge in [0.2, 0.25) is 10.0 Å². The summed E-state index contributed by atoms with van der Waals surface area (Å²) in [5.41, 5.74) is 2.10. The summed E-state index contributed by atoms with van der Waals surface area (Å²) in [7, 11) is -3.92. The molecule has 1 aromatic carbocycles. The minimum absolute atomic E-state index is 0.282. The van der Waals surface area contributed by atoms with E-state index in [1.807, 2.05) is 0 Å². The van der Waals surface area contributed by atoms with Crippen molar-refractivity contribution in [3.63, 3.8) is 0 Å². The number of anilines is 1. The molecule has 0 saturated heterocycles. The lowest BCUT2D eigenvalue weighted by molar-refractivity contribution is -0.387. The van der Waals surface area contributed by atoms with Crippen LogP contribution in [-0.2, 0) is 10.0 Å². The number of hydrogen-bond donors (Lipinski definition) is 3. The Morgan fingerprint density at radius 3 is 2.65 bits per heavy atom. The maximum atomic E-state index is 12.1. The van der Waals surface area contributed by atoms with E-state index in [1.165, 1.54) is 6.07 Å². The predicted octanol–water partition coefficient (Wildman–Crippen LogP) is 0.959. The molecular weight excluding hydrogens is 284 g/mol. The molecule has 4 N–H and O–H groups in total.